The number of phenolic OH excluding ortho intramolecular Hbond substituents is 4. The lowest BCUT2D eigenvalue weighted by molar-refractivity contribution is -0.385. The number of hydrogen-bond acceptors (Lipinski definition) is 12. The number of aromatic hydroxyl groups is 4. The number of nitrogens with zero attached hydrogens (tertiary/aromatic N) is 2. The summed E-state index contributed by atoms with van der Waals surface area (Å²) in [4.78, 5) is 23.4. The molecule has 0 spiro atoms. The predicted molar refractivity (Wildman–Crippen MR) is 142 cm³/mol. The Morgan fingerprint density at radius 2 is 0.711 bits per heavy atom. The molecule has 14 heteroatoms. The summed E-state index contributed by atoms with van der Waals surface area (Å²) in [5, 5.41) is 67.2. The lowest BCUT2D eigenvalue weighted by Gasteiger charge is -2.15. The Balaban J connectivity index is 1.77. The van der Waals surface area contributed by atoms with Gasteiger partial charge in [-0.25, -0.2) is 0 Å². The van der Waals surface area contributed by atoms with Gasteiger partial charge in [-0.15, -0.1) is 0 Å². The van der Waals surface area contributed by atoms with Crippen LogP contribution in [0, 0.1) is 20.2 Å². The summed E-state index contributed by atoms with van der Waals surface area (Å²) in [5.41, 5.74) is -0.590. The second-order valence-electron chi connectivity index (χ2n) is 7.71. The fraction of sp³-hybridized carbons (Fsp3) is 0. The van der Waals surface area contributed by atoms with E-state index in [2.05, 4.69) is 0 Å². The van der Waals surface area contributed by atoms with Gasteiger partial charge in [0.2, 0.25) is 0 Å². The minimum atomic E-state index is -0.605. The molecule has 0 aromatic heterocycles. The first-order valence-electron chi connectivity index (χ1n) is 10.5. The van der Waals surface area contributed by atoms with E-state index in [-0.39, 0.29) is 73.5 Å². The number of benzene rings is 4. The molecule has 1 aliphatic rings. The van der Waals surface area contributed by atoms with E-state index in [0.717, 1.165) is 47.0 Å². The molecule has 4 aromatic carbocycles. The summed E-state index contributed by atoms with van der Waals surface area (Å²) in [7, 11) is 0. The highest BCUT2D eigenvalue weighted by Crippen LogP contribution is 2.53. The number of phenols is 4. The lowest BCUT2D eigenvalue weighted by atomic mass is 10.3. The smallest absolute Gasteiger partial charge is 0.271 e. The van der Waals surface area contributed by atoms with Crippen LogP contribution in [0.5, 0.6) is 23.0 Å². The first-order valence-corrected chi connectivity index (χ1v) is 13.8. The molecule has 0 saturated carbocycles. The molecule has 4 N–H and O–H groups in total. The zero-order valence-electron chi connectivity index (χ0n) is 18.7. The Morgan fingerprint density at radius 3 is 0.947 bits per heavy atom. The van der Waals surface area contributed by atoms with Gasteiger partial charge in [-0.3, -0.25) is 20.2 Å². The molecule has 0 atom stereocenters. The number of nitro benzene ring substituents is 2. The van der Waals surface area contributed by atoms with Crippen LogP contribution in [0.2, 0.25) is 0 Å². The topological polar surface area (TPSA) is 167 Å². The molecule has 38 heavy (non-hydrogen) atoms. The first-order chi connectivity index (χ1) is 18.1. The number of nitro groups is 2. The molecule has 8 bridgehead atoms. The van der Waals surface area contributed by atoms with Crippen molar-refractivity contribution in [2.24, 2.45) is 0 Å². The van der Waals surface area contributed by atoms with Gasteiger partial charge < -0.3 is 20.4 Å². The van der Waals surface area contributed by atoms with Gasteiger partial charge in [0.25, 0.3) is 11.4 Å². The van der Waals surface area contributed by atoms with Crippen molar-refractivity contribution in [1.82, 2.24) is 0 Å². The highest BCUT2D eigenvalue weighted by Gasteiger charge is 2.24. The Labute approximate surface area is 231 Å². The Kier molecular flexibility index (Phi) is 6.96. The van der Waals surface area contributed by atoms with Crippen molar-refractivity contribution in [3.63, 3.8) is 0 Å². The lowest BCUT2D eigenvalue weighted by Crippen LogP contribution is -1.92. The fourth-order valence-electron chi connectivity index (χ4n) is 3.47. The average molecular weight is 587 g/mol. The van der Waals surface area contributed by atoms with Gasteiger partial charge in [0, 0.05) is 24.3 Å². The van der Waals surface area contributed by atoms with E-state index in [0.29, 0.717) is 0 Å². The summed E-state index contributed by atoms with van der Waals surface area (Å²) < 4.78 is 0. The molecule has 0 amide bonds. The van der Waals surface area contributed by atoms with Gasteiger partial charge in [-0.05, 0) is 24.3 Å². The molecule has 0 fully saturated rings. The summed E-state index contributed by atoms with van der Waals surface area (Å²) >= 11 is 3.54. The van der Waals surface area contributed by atoms with Crippen LogP contribution in [0.4, 0.5) is 11.4 Å². The van der Waals surface area contributed by atoms with E-state index in [4.69, 9.17) is 0 Å². The molecule has 0 saturated heterocycles. The van der Waals surface area contributed by atoms with E-state index in [1.807, 2.05) is 0 Å². The second kappa shape index (κ2) is 10.2. The third-order valence-electron chi connectivity index (χ3n) is 5.27. The minimum Gasteiger partial charge on any atom is -0.506 e. The average Bonchev–Trinajstić information content (AvgIpc) is 2.87. The monoisotopic (exact) mass is 586 g/mol. The van der Waals surface area contributed by atoms with Crippen molar-refractivity contribution in [1.29, 1.82) is 0 Å². The molecule has 0 aliphatic carbocycles. The van der Waals surface area contributed by atoms with Gasteiger partial charge in [0.05, 0.1) is 49.0 Å². The third-order valence-corrected chi connectivity index (χ3v) is 9.60. The van der Waals surface area contributed by atoms with Gasteiger partial charge in [-0.2, -0.15) is 0 Å². The highest BCUT2D eigenvalue weighted by atomic mass is 32.2. The number of hydrogen-bond donors (Lipinski definition) is 4. The van der Waals surface area contributed by atoms with Crippen LogP contribution in [-0.4, -0.2) is 30.3 Å². The van der Waals surface area contributed by atoms with Crippen molar-refractivity contribution >= 4 is 58.4 Å². The molecule has 10 nitrogen and oxygen atoms in total. The second-order valence-corrected chi connectivity index (χ2v) is 12.0. The van der Waals surface area contributed by atoms with Gasteiger partial charge in [0.15, 0.2) is 0 Å². The number of para-hydroxylation sites is 2. The summed E-state index contributed by atoms with van der Waals surface area (Å²) in [6.45, 7) is 0. The minimum absolute atomic E-state index is 0.0942. The third kappa shape index (κ3) is 4.90. The largest absolute Gasteiger partial charge is 0.506 e. The molecular weight excluding hydrogens is 573 g/mol. The maximum Gasteiger partial charge on any atom is 0.271 e. The van der Waals surface area contributed by atoms with E-state index in [9.17, 15) is 40.7 Å². The Morgan fingerprint density at radius 1 is 0.474 bits per heavy atom. The fourth-order valence-corrected chi connectivity index (χ4v) is 7.63. The SMILES string of the molecule is O=[N+]([O-])c1cc2c(O)c(c1)Sc1cccc(c1O)Sc1cc([N+](=O)[O-])cc(c1O)Sc1cccc(c1O)S2. The first kappa shape index (κ1) is 25.9. The quantitative estimate of drug-likeness (QED) is 0.121. The number of rotatable bonds is 2. The van der Waals surface area contributed by atoms with E-state index in [1.165, 1.54) is 24.3 Å². The molecule has 1 heterocycles. The van der Waals surface area contributed by atoms with E-state index >= 15 is 0 Å². The van der Waals surface area contributed by atoms with Crippen LogP contribution >= 0.6 is 47.0 Å². The van der Waals surface area contributed by atoms with Crippen LogP contribution in [0.15, 0.2) is 99.8 Å². The van der Waals surface area contributed by atoms with Crippen LogP contribution in [0.25, 0.3) is 0 Å². The molecule has 192 valence electrons. The summed E-state index contributed by atoms with van der Waals surface area (Å²) in [6, 6.07) is 14.1. The van der Waals surface area contributed by atoms with Crippen molar-refractivity contribution < 1.29 is 30.3 Å². The zero-order valence-corrected chi connectivity index (χ0v) is 22.0. The van der Waals surface area contributed by atoms with Gasteiger partial charge in [0.1, 0.15) is 23.0 Å². The summed E-state index contributed by atoms with van der Waals surface area (Å²) in [5.74, 6) is -1.02. The summed E-state index contributed by atoms with van der Waals surface area (Å²) in [6.07, 6.45) is 0. The predicted octanol–water partition coefficient (Wildman–Crippen LogP) is 7.24. The van der Waals surface area contributed by atoms with Crippen LogP contribution in [-0.2, 0) is 0 Å². The molecule has 4 aromatic rings. The van der Waals surface area contributed by atoms with Crippen LogP contribution < -0.4 is 0 Å². The molecule has 1 aliphatic heterocycles. The van der Waals surface area contributed by atoms with Gasteiger partial charge in [-0.1, -0.05) is 59.2 Å². The van der Waals surface area contributed by atoms with Crippen molar-refractivity contribution in [2.75, 3.05) is 0 Å². The zero-order chi connectivity index (χ0) is 27.1. The van der Waals surface area contributed by atoms with E-state index < -0.39 is 9.85 Å². The number of non-ortho nitro benzene ring substituents is 2. The van der Waals surface area contributed by atoms with Crippen molar-refractivity contribution in [2.45, 2.75) is 39.2 Å². The normalized spacial score (nSPS) is 12.6. The van der Waals surface area contributed by atoms with Crippen LogP contribution in [0.1, 0.15) is 0 Å². The highest BCUT2D eigenvalue weighted by molar-refractivity contribution is 8.01. The molecule has 0 unspecified atom stereocenters. The number of fused-ring (bicyclic) bond motifs is 8. The molecular formula is C24H14N2O8S4. The van der Waals surface area contributed by atoms with Gasteiger partial charge >= 0.3 is 0 Å². The Bertz CT molecular complexity index is 1430. The maximum absolute atomic E-state index is 11.6. The molecule has 5 rings (SSSR count). The van der Waals surface area contributed by atoms with E-state index in [1.54, 1.807) is 36.4 Å². The Hall–Kier alpha value is -3.72. The van der Waals surface area contributed by atoms with Crippen molar-refractivity contribution in [3.8, 4) is 23.0 Å². The standard InChI is InChI=1S/C24H14N2O8S4/c27-21-13-3-1-4-14(21)36-18-8-12(26(33)34)10-20(24(18)30)38-16-6-2-5-15(22(16)28)37-19-9-11(25(31)32)7-17(35-13)23(19)29/h1-10,27-30H. The maximum atomic E-state index is 11.6. The molecule has 0 radical (unpaired) electrons. The van der Waals surface area contributed by atoms with Crippen molar-refractivity contribution in [3.05, 3.63) is 80.9 Å². The van der Waals surface area contributed by atoms with Crippen LogP contribution in [0.3, 0.4) is 0 Å².